The minimum atomic E-state index is 0.533. The lowest BCUT2D eigenvalue weighted by Gasteiger charge is -2.25. The Morgan fingerprint density at radius 3 is 2.57 bits per heavy atom. The van der Waals surface area contributed by atoms with Crippen molar-refractivity contribution in [3.05, 3.63) is 59.7 Å². The van der Waals surface area contributed by atoms with Crippen LogP contribution in [0.3, 0.4) is 0 Å². The fourth-order valence-electron chi connectivity index (χ4n) is 3.42. The zero-order chi connectivity index (χ0) is 19.7. The maximum absolute atomic E-state index is 5.92. The predicted molar refractivity (Wildman–Crippen MR) is 110 cm³/mol. The molecule has 0 radical (unpaired) electrons. The zero-order valence-corrected chi connectivity index (χ0v) is 16.5. The van der Waals surface area contributed by atoms with E-state index < -0.39 is 0 Å². The van der Waals surface area contributed by atoms with Crippen molar-refractivity contribution in [2.75, 3.05) is 31.3 Å². The summed E-state index contributed by atoms with van der Waals surface area (Å²) in [6.07, 6.45) is 1.79. The average molecular weight is 376 g/mol. The Balaban J connectivity index is 1.56. The number of anilines is 1. The Morgan fingerprint density at radius 1 is 1.00 bits per heavy atom. The summed E-state index contributed by atoms with van der Waals surface area (Å²) in [7, 11) is 0. The number of para-hydroxylation sites is 1. The molecular weight excluding hydrogens is 352 g/mol. The highest BCUT2D eigenvalue weighted by molar-refractivity contribution is 5.87. The second-order valence-corrected chi connectivity index (χ2v) is 7.00. The Hall–Kier alpha value is -3.06. The highest BCUT2D eigenvalue weighted by Gasteiger charge is 2.21. The quantitative estimate of drug-likeness (QED) is 0.696. The van der Waals surface area contributed by atoms with Crippen LogP contribution in [0.1, 0.15) is 22.6 Å². The molecule has 4 rings (SSSR count). The normalized spacial score (nSPS) is 15.0. The van der Waals surface area contributed by atoms with Gasteiger partial charge in [0, 0.05) is 41.9 Å². The summed E-state index contributed by atoms with van der Waals surface area (Å²) in [5.74, 6) is 0.608. The van der Waals surface area contributed by atoms with Gasteiger partial charge in [-0.1, -0.05) is 18.7 Å². The molecule has 1 aliphatic heterocycles. The molecule has 0 unspecified atom stereocenters. The van der Waals surface area contributed by atoms with Crippen LogP contribution >= 0.6 is 0 Å². The number of aromatic nitrogens is 4. The summed E-state index contributed by atoms with van der Waals surface area (Å²) < 4.78 is 0. The van der Waals surface area contributed by atoms with Gasteiger partial charge in [0.2, 0.25) is 5.95 Å². The van der Waals surface area contributed by atoms with Crippen molar-refractivity contribution in [2.45, 2.75) is 20.8 Å². The first-order valence-corrected chi connectivity index (χ1v) is 9.40. The van der Waals surface area contributed by atoms with Crippen LogP contribution in [-0.2, 0) is 4.84 Å². The van der Waals surface area contributed by atoms with Crippen molar-refractivity contribution in [1.29, 1.82) is 0 Å². The molecule has 28 heavy (non-hydrogen) atoms. The lowest BCUT2D eigenvalue weighted by molar-refractivity contribution is 0.117. The van der Waals surface area contributed by atoms with Crippen LogP contribution in [0.2, 0.25) is 0 Å². The summed E-state index contributed by atoms with van der Waals surface area (Å²) in [5, 5.41) is 1.78. The van der Waals surface area contributed by atoms with E-state index >= 15 is 0 Å². The number of nitrogens with zero attached hydrogens (tertiary/aromatic N) is 6. The van der Waals surface area contributed by atoms with E-state index in [2.05, 4.69) is 37.5 Å². The van der Waals surface area contributed by atoms with E-state index in [0.29, 0.717) is 19.1 Å². The van der Waals surface area contributed by atoms with Crippen molar-refractivity contribution in [3.8, 4) is 0 Å². The van der Waals surface area contributed by atoms with Crippen molar-refractivity contribution < 1.29 is 4.84 Å². The van der Waals surface area contributed by atoms with E-state index in [1.54, 1.807) is 11.3 Å². The molecule has 0 spiro atoms. The Kier molecular flexibility index (Phi) is 4.92. The van der Waals surface area contributed by atoms with E-state index in [-0.39, 0.29) is 0 Å². The second-order valence-electron chi connectivity index (χ2n) is 7.00. The van der Waals surface area contributed by atoms with Gasteiger partial charge in [-0.05, 0) is 32.9 Å². The zero-order valence-electron chi connectivity index (χ0n) is 16.5. The molecule has 0 aliphatic carbocycles. The van der Waals surface area contributed by atoms with Gasteiger partial charge >= 0.3 is 0 Å². The van der Waals surface area contributed by atoms with E-state index in [4.69, 9.17) is 4.84 Å². The third-order valence-corrected chi connectivity index (χ3v) is 4.76. The Bertz CT molecular complexity index is 1010. The standard InChI is InChI=1S/C21H24N6O/c1-14-12-15(2)25-21(24-14)27-9-8-26(10-11-28-27)17(4)18-6-5-7-19-20(18)23-16(3)13-22-19/h5-7,12-13H,4,8-11H2,1-3H3. The average Bonchev–Trinajstić information content (AvgIpc) is 2.92. The molecule has 1 saturated heterocycles. The van der Waals surface area contributed by atoms with Gasteiger partial charge < -0.3 is 4.90 Å². The number of hydrogen-bond acceptors (Lipinski definition) is 7. The number of rotatable bonds is 3. The van der Waals surface area contributed by atoms with Gasteiger partial charge in [0.25, 0.3) is 0 Å². The highest BCUT2D eigenvalue weighted by Crippen LogP contribution is 2.25. The molecule has 7 heteroatoms. The number of hydrogen-bond donors (Lipinski definition) is 0. The monoisotopic (exact) mass is 376 g/mol. The first kappa shape index (κ1) is 18.3. The molecule has 0 bridgehead atoms. The van der Waals surface area contributed by atoms with Crippen molar-refractivity contribution in [2.24, 2.45) is 0 Å². The summed E-state index contributed by atoms with van der Waals surface area (Å²) in [4.78, 5) is 26.3. The van der Waals surface area contributed by atoms with Gasteiger partial charge in [0.05, 0.1) is 29.9 Å². The van der Waals surface area contributed by atoms with E-state index in [1.807, 2.05) is 39.0 Å². The maximum atomic E-state index is 5.92. The van der Waals surface area contributed by atoms with E-state index in [9.17, 15) is 0 Å². The molecular formula is C21H24N6O. The lowest BCUT2D eigenvalue weighted by Crippen LogP contribution is -2.30. The van der Waals surface area contributed by atoms with E-state index in [1.165, 1.54) is 0 Å². The van der Waals surface area contributed by atoms with Gasteiger partial charge in [0.15, 0.2) is 0 Å². The van der Waals surface area contributed by atoms with Gasteiger partial charge in [-0.3, -0.25) is 9.82 Å². The minimum absolute atomic E-state index is 0.533. The summed E-state index contributed by atoms with van der Waals surface area (Å²) in [6, 6.07) is 7.98. The van der Waals surface area contributed by atoms with Crippen LogP contribution in [0.15, 0.2) is 37.0 Å². The molecule has 3 heterocycles. The van der Waals surface area contributed by atoms with Crippen LogP contribution in [-0.4, -0.2) is 51.1 Å². The van der Waals surface area contributed by atoms with E-state index in [0.717, 1.165) is 52.5 Å². The smallest absolute Gasteiger partial charge is 0.250 e. The Morgan fingerprint density at radius 2 is 1.79 bits per heavy atom. The molecule has 0 amide bonds. The van der Waals surface area contributed by atoms with Crippen molar-refractivity contribution >= 4 is 22.7 Å². The van der Waals surface area contributed by atoms with Gasteiger partial charge in [-0.2, -0.15) is 0 Å². The first-order chi connectivity index (χ1) is 13.5. The number of benzene rings is 1. The minimum Gasteiger partial charge on any atom is -0.367 e. The van der Waals surface area contributed by atoms with Crippen LogP contribution in [0.4, 0.5) is 5.95 Å². The molecule has 3 aromatic rings. The van der Waals surface area contributed by atoms with Gasteiger partial charge in [-0.25, -0.2) is 20.0 Å². The molecule has 1 fully saturated rings. The second kappa shape index (κ2) is 7.52. The van der Waals surface area contributed by atoms with Gasteiger partial charge in [-0.15, -0.1) is 0 Å². The highest BCUT2D eigenvalue weighted by atomic mass is 16.7. The largest absolute Gasteiger partial charge is 0.367 e. The SMILES string of the molecule is C=C(c1cccc2ncc(C)nc12)N1CCON(c2nc(C)cc(C)n2)CC1. The maximum Gasteiger partial charge on any atom is 0.250 e. The third kappa shape index (κ3) is 3.66. The third-order valence-electron chi connectivity index (χ3n) is 4.76. The number of aryl methyl sites for hydroxylation is 3. The lowest BCUT2D eigenvalue weighted by atomic mass is 10.1. The number of hydroxylamine groups is 1. The topological polar surface area (TPSA) is 67.3 Å². The van der Waals surface area contributed by atoms with Crippen LogP contribution < -0.4 is 5.06 Å². The van der Waals surface area contributed by atoms with Gasteiger partial charge in [0.1, 0.15) is 0 Å². The molecule has 0 atom stereocenters. The van der Waals surface area contributed by atoms with Crippen LogP contribution in [0, 0.1) is 20.8 Å². The molecule has 1 aliphatic rings. The first-order valence-electron chi connectivity index (χ1n) is 9.40. The van der Waals surface area contributed by atoms with Crippen molar-refractivity contribution in [1.82, 2.24) is 24.8 Å². The molecule has 0 saturated carbocycles. The molecule has 144 valence electrons. The number of fused-ring (bicyclic) bond motifs is 1. The summed E-state index contributed by atoms with van der Waals surface area (Å²) >= 11 is 0. The van der Waals surface area contributed by atoms with Crippen LogP contribution in [0.25, 0.3) is 16.7 Å². The van der Waals surface area contributed by atoms with Crippen LogP contribution in [0.5, 0.6) is 0 Å². The van der Waals surface area contributed by atoms with Crippen molar-refractivity contribution in [3.63, 3.8) is 0 Å². The fraction of sp³-hybridized carbons (Fsp3) is 0.333. The Labute approximate surface area is 164 Å². The molecule has 2 aromatic heterocycles. The molecule has 1 aromatic carbocycles. The molecule has 0 N–H and O–H groups in total. The fourth-order valence-corrected chi connectivity index (χ4v) is 3.42. The predicted octanol–water partition coefficient (Wildman–Crippen LogP) is 3.07. The molecule has 7 nitrogen and oxygen atoms in total. The summed E-state index contributed by atoms with van der Waals surface area (Å²) in [5.41, 5.74) is 6.45. The summed E-state index contributed by atoms with van der Waals surface area (Å²) in [6.45, 7) is 12.9.